The van der Waals surface area contributed by atoms with Crippen molar-refractivity contribution < 1.29 is 32.6 Å². The SMILES string of the molecule is O=C(NC[C@@H]1CN(c2ccc3c(c2)OCO3)C(=O)O1)c1ccc(F)cc1F. The maximum absolute atomic E-state index is 13.6. The van der Waals surface area contributed by atoms with Crippen molar-refractivity contribution in [2.24, 2.45) is 0 Å². The highest BCUT2D eigenvalue weighted by Gasteiger charge is 2.33. The first-order valence-electron chi connectivity index (χ1n) is 8.12. The molecule has 1 N–H and O–H groups in total. The molecule has 2 amide bonds. The van der Waals surface area contributed by atoms with Crippen LogP contribution in [0.4, 0.5) is 19.3 Å². The van der Waals surface area contributed by atoms with Crippen molar-refractivity contribution in [2.45, 2.75) is 6.10 Å². The van der Waals surface area contributed by atoms with Crippen LogP contribution in [0, 0.1) is 11.6 Å². The number of benzene rings is 2. The van der Waals surface area contributed by atoms with Gasteiger partial charge < -0.3 is 19.5 Å². The van der Waals surface area contributed by atoms with Crippen LogP contribution in [-0.2, 0) is 4.74 Å². The first-order chi connectivity index (χ1) is 13.0. The molecule has 4 rings (SSSR count). The van der Waals surface area contributed by atoms with Gasteiger partial charge in [0, 0.05) is 12.1 Å². The number of nitrogens with zero attached hydrogens (tertiary/aromatic N) is 1. The zero-order chi connectivity index (χ0) is 19.0. The number of halogens is 2. The van der Waals surface area contributed by atoms with E-state index in [1.807, 2.05) is 0 Å². The van der Waals surface area contributed by atoms with Crippen LogP contribution >= 0.6 is 0 Å². The normalized spacial score (nSPS) is 17.8. The number of cyclic esters (lactones) is 1. The number of hydrogen-bond donors (Lipinski definition) is 1. The number of nitrogens with one attached hydrogen (secondary N) is 1. The van der Waals surface area contributed by atoms with Gasteiger partial charge in [-0.1, -0.05) is 0 Å². The molecule has 0 spiro atoms. The van der Waals surface area contributed by atoms with Crippen LogP contribution in [0.25, 0.3) is 0 Å². The predicted molar refractivity (Wildman–Crippen MR) is 88.9 cm³/mol. The third-order valence-corrected chi connectivity index (χ3v) is 4.21. The molecule has 0 aliphatic carbocycles. The minimum atomic E-state index is -0.960. The Morgan fingerprint density at radius 1 is 1.15 bits per heavy atom. The molecule has 0 saturated carbocycles. The van der Waals surface area contributed by atoms with E-state index in [0.29, 0.717) is 23.3 Å². The molecule has 9 heteroatoms. The van der Waals surface area contributed by atoms with Crippen LogP contribution in [0.15, 0.2) is 36.4 Å². The molecule has 2 aromatic rings. The largest absolute Gasteiger partial charge is 0.454 e. The Morgan fingerprint density at radius 3 is 2.78 bits per heavy atom. The van der Waals surface area contributed by atoms with Gasteiger partial charge in [0.05, 0.1) is 24.3 Å². The lowest BCUT2D eigenvalue weighted by molar-refractivity contribution is 0.0912. The Kier molecular flexibility index (Phi) is 4.27. The maximum Gasteiger partial charge on any atom is 0.414 e. The molecule has 2 aliphatic rings. The second-order valence-corrected chi connectivity index (χ2v) is 5.99. The number of carbonyl (C=O) groups is 2. The highest BCUT2D eigenvalue weighted by Crippen LogP contribution is 2.36. The van der Waals surface area contributed by atoms with E-state index < -0.39 is 29.7 Å². The van der Waals surface area contributed by atoms with Gasteiger partial charge in [0.25, 0.3) is 5.91 Å². The van der Waals surface area contributed by atoms with Crippen LogP contribution in [0.3, 0.4) is 0 Å². The number of carbonyl (C=O) groups excluding carboxylic acids is 2. The fourth-order valence-corrected chi connectivity index (χ4v) is 2.87. The van der Waals surface area contributed by atoms with Gasteiger partial charge in [-0.15, -0.1) is 0 Å². The zero-order valence-corrected chi connectivity index (χ0v) is 13.9. The lowest BCUT2D eigenvalue weighted by atomic mass is 10.2. The van der Waals surface area contributed by atoms with Crippen LogP contribution in [0.1, 0.15) is 10.4 Å². The van der Waals surface area contributed by atoms with E-state index in [1.54, 1.807) is 18.2 Å². The van der Waals surface area contributed by atoms with Crippen molar-refractivity contribution in [3.63, 3.8) is 0 Å². The predicted octanol–water partition coefficient (Wildman–Crippen LogP) is 2.45. The number of anilines is 1. The van der Waals surface area contributed by atoms with Crippen molar-refractivity contribution >= 4 is 17.7 Å². The lowest BCUT2D eigenvalue weighted by Crippen LogP contribution is -2.35. The maximum atomic E-state index is 13.6. The third-order valence-electron chi connectivity index (χ3n) is 4.21. The first-order valence-corrected chi connectivity index (χ1v) is 8.12. The Balaban J connectivity index is 1.39. The Bertz CT molecular complexity index is 921. The second kappa shape index (κ2) is 6.75. The van der Waals surface area contributed by atoms with E-state index in [9.17, 15) is 18.4 Å². The summed E-state index contributed by atoms with van der Waals surface area (Å²) >= 11 is 0. The zero-order valence-electron chi connectivity index (χ0n) is 13.9. The molecule has 0 bridgehead atoms. The Hall–Kier alpha value is -3.36. The van der Waals surface area contributed by atoms with Gasteiger partial charge in [-0.2, -0.15) is 0 Å². The lowest BCUT2D eigenvalue weighted by Gasteiger charge is -2.13. The molecule has 0 aromatic heterocycles. The minimum absolute atomic E-state index is 0.0115. The smallest absolute Gasteiger partial charge is 0.414 e. The van der Waals surface area contributed by atoms with Gasteiger partial charge in [-0.3, -0.25) is 9.69 Å². The summed E-state index contributed by atoms with van der Waals surface area (Å²) in [4.78, 5) is 25.5. The van der Waals surface area contributed by atoms with E-state index in [2.05, 4.69) is 5.32 Å². The van der Waals surface area contributed by atoms with Gasteiger partial charge >= 0.3 is 6.09 Å². The summed E-state index contributed by atoms with van der Waals surface area (Å²) in [5.41, 5.74) is 0.288. The molecule has 1 atom stereocenters. The molecule has 2 aliphatic heterocycles. The summed E-state index contributed by atoms with van der Waals surface area (Å²) < 4.78 is 42.3. The Labute approximate surface area is 152 Å². The standard InChI is InChI=1S/C18H14F2N2O5/c19-10-1-3-13(14(20)5-10)17(23)21-7-12-8-22(18(24)27-12)11-2-4-15-16(6-11)26-9-25-15/h1-6,12H,7-9H2,(H,21,23)/t12-/m1/s1. The summed E-state index contributed by atoms with van der Waals surface area (Å²) in [5, 5.41) is 2.49. The molecular formula is C18H14F2N2O5. The van der Waals surface area contributed by atoms with Crippen LogP contribution < -0.4 is 19.7 Å². The summed E-state index contributed by atoms with van der Waals surface area (Å²) in [6, 6.07) is 7.74. The summed E-state index contributed by atoms with van der Waals surface area (Å²) in [5.74, 6) is -1.32. The van der Waals surface area contributed by atoms with Crippen LogP contribution in [0.2, 0.25) is 0 Å². The van der Waals surface area contributed by atoms with Gasteiger partial charge in [0.1, 0.15) is 17.7 Å². The van der Waals surface area contributed by atoms with Crippen molar-refractivity contribution in [1.82, 2.24) is 5.32 Å². The fourth-order valence-electron chi connectivity index (χ4n) is 2.87. The quantitative estimate of drug-likeness (QED) is 0.887. The van der Waals surface area contributed by atoms with Gasteiger partial charge in [0.15, 0.2) is 11.5 Å². The first kappa shape index (κ1) is 17.1. The molecule has 140 valence electrons. The van der Waals surface area contributed by atoms with Crippen molar-refractivity contribution in [2.75, 3.05) is 24.8 Å². The monoisotopic (exact) mass is 376 g/mol. The highest BCUT2D eigenvalue weighted by molar-refractivity contribution is 5.94. The van der Waals surface area contributed by atoms with Gasteiger partial charge in [0.2, 0.25) is 6.79 Å². The summed E-state index contributed by atoms with van der Waals surface area (Å²) in [6.45, 7) is 0.310. The number of fused-ring (bicyclic) bond motifs is 1. The number of amides is 2. The number of hydrogen-bond acceptors (Lipinski definition) is 5. The molecule has 0 unspecified atom stereocenters. The molecule has 2 aromatic carbocycles. The molecule has 27 heavy (non-hydrogen) atoms. The summed E-state index contributed by atoms with van der Waals surface area (Å²) in [7, 11) is 0. The molecule has 0 radical (unpaired) electrons. The van der Waals surface area contributed by atoms with Gasteiger partial charge in [-0.05, 0) is 24.3 Å². The fraction of sp³-hybridized carbons (Fsp3) is 0.222. The van der Waals surface area contributed by atoms with E-state index in [4.69, 9.17) is 14.2 Å². The average Bonchev–Trinajstić information content (AvgIpc) is 3.25. The molecular weight excluding hydrogens is 362 g/mol. The third kappa shape index (κ3) is 3.35. The molecule has 1 fully saturated rings. The van der Waals surface area contributed by atoms with Gasteiger partial charge in [-0.25, -0.2) is 13.6 Å². The molecule has 7 nitrogen and oxygen atoms in total. The van der Waals surface area contributed by atoms with Crippen molar-refractivity contribution in [3.8, 4) is 11.5 Å². The summed E-state index contributed by atoms with van der Waals surface area (Å²) in [6.07, 6.45) is -1.18. The van der Waals surface area contributed by atoms with E-state index >= 15 is 0 Å². The van der Waals surface area contributed by atoms with Crippen LogP contribution in [0.5, 0.6) is 11.5 Å². The van der Waals surface area contributed by atoms with Crippen molar-refractivity contribution in [3.05, 3.63) is 53.6 Å². The second-order valence-electron chi connectivity index (χ2n) is 5.99. The number of ether oxygens (including phenoxy) is 3. The topological polar surface area (TPSA) is 77.1 Å². The molecule has 2 heterocycles. The molecule has 1 saturated heterocycles. The van der Waals surface area contributed by atoms with Crippen molar-refractivity contribution in [1.29, 1.82) is 0 Å². The average molecular weight is 376 g/mol. The number of rotatable bonds is 4. The highest BCUT2D eigenvalue weighted by atomic mass is 19.1. The Morgan fingerprint density at radius 2 is 1.96 bits per heavy atom. The van der Waals surface area contributed by atoms with E-state index in [-0.39, 0.29) is 25.4 Å². The minimum Gasteiger partial charge on any atom is -0.454 e. The van der Waals surface area contributed by atoms with E-state index in [0.717, 1.165) is 12.1 Å². The van der Waals surface area contributed by atoms with Crippen LogP contribution in [-0.4, -0.2) is 38.0 Å². The van der Waals surface area contributed by atoms with E-state index in [1.165, 1.54) is 4.90 Å².